The van der Waals surface area contributed by atoms with Crippen LogP contribution in [0.1, 0.15) is 44.6 Å². The van der Waals surface area contributed by atoms with Gasteiger partial charge in [0.15, 0.2) is 6.61 Å². The summed E-state index contributed by atoms with van der Waals surface area (Å²) in [7, 11) is 0. The van der Waals surface area contributed by atoms with Crippen LogP contribution < -0.4 is 10.1 Å². The zero-order valence-corrected chi connectivity index (χ0v) is 11.6. The predicted molar refractivity (Wildman–Crippen MR) is 75.9 cm³/mol. The van der Waals surface area contributed by atoms with Gasteiger partial charge in [0, 0.05) is 12.1 Å². The second kappa shape index (κ2) is 6.58. The van der Waals surface area contributed by atoms with Gasteiger partial charge < -0.3 is 10.1 Å². The molecule has 0 radical (unpaired) electrons. The minimum absolute atomic E-state index is 0.107. The molecule has 2 rings (SSSR count). The maximum Gasteiger partial charge on any atom is 0.174 e. The number of hydrogen-bond acceptors (Lipinski definition) is 3. The molecule has 1 saturated carbocycles. The monoisotopic (exact) mass is 258 g/mol. The Hall–Kier alpha value is -1.53. The maximum atomic E-state index is 8.45. The van der Waals surface area contributed by atoms with Crippen LogP contribution in [-0.4, -0.2) is 12.1 Å². The Balaban J connectivity index is 1.84. The first-order chi connectivity index (χ1) is 9.22. The molecular formula is C16H22N2O. The van der Waals surface area contributed by atoms with Crippen LogP contribution in [0.15, 0.2) is 24.3 Å². The van der Waals surface area contributed by atoms with Crippen molar-refractivity contribution in [3.8, 4) is 11.8 Å². The Morgan fingerprint density at radius 3 is 2.53 bits per heavy atom. The first-order valence-corrected chi connectivity index (χ1v) is 7.06. The van der Waals surface area contributed by atoms with Gasteiger partial charge in [-0.05, 0) is 37.5 Å². The van der Waals surface area contributed by atoms with Gasteiger partial charge >= 0.3 is 0 Å². The summed E-state index contributed by atoms with van der Waals surface area (Å²) < 4.78 is 5.24. The van der Waals surface area contributed by atoms with Crippen molar-refractivity contribution in [3.63, 3.8) is 0 Å². The van der Waals surface area contributed by atoms with E-state index in [9.17, 15) is 0 Å². The highest BCUT2D eigenvalue weighted by Crippen LogP contribution is 2.27. The summed E-state index contributed by atoms with van der Waals surface area (Å²) in [6.45, 7) is 3.33. The van der Waals surface area contributed by atoms with Gasteiger partial charge in [-0.3, -0.25) is 0 Å². The Labute approximate surface area is 115 Å². The molecule has 3 nitrogen and oxygen atoms in total. The van der Waals surface area contributed by atoms with Crippen LogP contribution in [0.25, 0.3) is 0 Å². The fraction of sp³-hybridized carbons (Fsp3) is 0.562. The van der Waals surface area contributed by atoms with Gasteiger partial charge in [0.25, 0.3) is 0 Å². The standard InChI is InChI=1S/C16H22N2O/c1-16(9-3-2-4-10-16)18-13-14-5-7-15(8-6-14)19-12-11-17/h5-8,18H,2-4,9-10,12-13H2,1H3. The molecule has 0 saturated heterocycles. The van der Waals surface area contributed by atoms with Gasteiger partial charge in [-0.1, -0.05) is 31.4 Å². The highest BCUT2D eigenvalue weighted by molar-refractivity contribution is 5.27. The van der Waals surface area contributed by atoms with E-state index >= 15 is 0 Å². The van der Waals surface area contributed by atoms with E-state index in [0.717, 1.165) is 12.3 Å². The normalized spacial score (nSPS) is 17.7. The molecule has 0 amide bonds. The number of nitriles is 1. The number of hydrogen-bond donors (Lipinski definition) is 1. The topological polar surface area (TPSA) is 45.0 Å². The van der Waals surface area contributed by atoms with E-state index in [4.69, 9.17) is 10.00 Å². The van der Waals surface area contributed by atoms with Crippen LogP contribution in [0.4, 0.5) is 0 Å². The summed E-state index contributed by atoms with van der Waals surface area (Å²) >= 11 is 0. The molecule has 0 bridgehead atoms. The molecule has 1 aliphatic rings. The number of nitrogens with one attached hydrogen (secondary N) is 1. The molecule has 1 aliphatic carbocycles. The number of benzene rings is 1. The van der Waals surface area contributed by atoms with Gasteiger partial charge in [-0.15, -0.1) is 0 Å². The summed E-state index contributed by atoms with van der Waals surface area (Å²) in [6.07, 6.45) is 6.60. The molecule has 0 atom stereocenters. The second-order valence-corrected chi connectivity index (χ2v) is 5.57. The number of rotatable bonds is 5. The number of ether oxygens (including phenoxy) is 1. The molecular weight excluding hydrogens is 236 g/mol. The van der Waals surface area contributed by atoms with Crippen molar-refractivity contribution in [2.24, 2.45) is 0 Å². The van der Waals surface area contributed by atoms with Gasteiger partial charge in [0.1, 0.15) is 11.8 Å². The van der Waals surface area contributed by atoms with Gasteiger partial charge in [-0.2, -0.15) is 5.26 Å². The highest BCUT2D eigenvalue weighted by atomic mass is 16.5. The van der Waals surface area contributed by atoms with Crippen LogP contribution in [0.2, 0.25) is 0 Å². The molecule has 0 aromatic heterocycles. The smallest absolute Gasteiger partial charge is 0.174 e. The average molecular weight is 258 g/mol. The minimum atomic E-state index is 0.107. The van der Waals surface area contributed by atoms with Crippen molar-refractivity contribution >= 4 is 0 Å². The third-order valence-corrected chi connectivity index (χ3v) is 3.90. The lowest BCUT2D eigenvalue weighted by molar-refractivity contribution is 0.252. The summed E-state index contributed by atoms with van der Waals surface area (Å²) in [5, 5.41) is 12.1. The largest absolute Gasteiger partial charge is 0.479 e. The molecule has 0 unspecified atom stereocenters. The lowest BCUT2D eigenvalue weighted by Crippen LogP contribution is -2.43. The van der Waals surface area contributed by atoms with E-state index in [2.05, 4.69) is 24.4 Å². The fourth-order valence-corrected chi connectivity index (χ4v) is 2.64. The third kappa shape index (κ3) is 4.25. The van der Waals surface area contributed by atoms with E-state index in [1.165, 1.54) is 37.7 Å². The first kappa shape index (κ1) is 13.9. The third-order valence-electron chi connectivity index (χ3n) is 3.90. The maximum absolute atomic E-state index is 8.45. The molecule has 1 aromatic rings. The lowest BCUT2D eigenvalue weighted by atomic mass is 9.83. The summed E-state index contributed by atoms with van der Waals surface area (Å²) in [5.74, 6) is 0.758. The molecule has 1 aromatic carbocycles. The molecule has 102 valence electrons. The first-order valence-electron chi connectivity index (χ1n) is 7.06. The van der Waals surface area contributed by atoms with Crippen molar-refractivity contribution in [2.75, 3.05) is 6.61 Å². The SMILES string of the molecule is CC1(NCc2ccc(OCC#N)cc2)CCCCC1. The lowest BCUT2D eigenvalue weighted by Gasteiger charge is -2.34. The summed E-state index contributed by atoms with van der Waals surface area (Å²) in [4.78, 5) is 0. The Bertz CT molecular complexity index is 427. The van der Waals surface area contributed by atoms with Crippen molar-refractivity contribution in [1.82, 2.24) is 5.32 Å². The van der Waals surface area contributed by atoms with E-state index in [1.807, 2.05) is 18.2 Å². The second-order valence-electron chi connectivity index (χ2n) is 5.57. The van der Waals surface area contributed by atoms with E-state index in [0.29, 0.717) is 5.54 Å². The van der Waals surface area contributed by atoms with Crippen molar-refractivity contribution in [1.29, 1.82) is 5.26 Å². The van der Waals surface area contributed by atoms with E-state index in [-0.39, 0.29) is 6.61 Å². The number of nitrogens with zero attached hydrogens (tertiary/aromatic N) is 1. The minimum Gasteiger partial charge on any atom is -0.479 e. The van der Waals surface area contributed by atoms with E-state index < -0.39 is 0 Å². The van der Waals surface area contributed by atoms with Crippen molar-refractivity contribution in [3.05, 3.63) is 29.8 Å². The van der Waals surface area contributed by atoms with Crippen molar-refractivity contribution in [2.45, 2.75) is 51.1 Å². The molecule has 3 heteroatoms. The zero-order chi connectivity index (χ0) is 13.6. The van der Waals surface area contributed by atoms with Crippen LogP contribution >= 0.6 is 0 Å². The molecule has 0 aliphatic heterocycles. The predicted octanol–water partition coefficient (Wildman–Crippen LogP) is 3.40. The van der Waals surface area contributed by atoms with Crippen molar-refractivity contribution < 1.29 is 4.74 Å². The van der Waals surface area contributed by atoms with Crippen LogP contribution in [0.5, 0.6) is 5.75 Å². The molecule has 1 N–H and O–H groups in total. The van der Waals surface area contributed by atoms with Gasteiger partial charge in [0.2, 0.25) is 0 Å². The molecule has 19 heavy (non-hydrogen) atoms. The average Bonchev–Trinajstić information content (AvgIpc) is 2.45. The Morgan fingerprint density at radius 2 is 1.89 bits per heavy atom. The quantitative estimate of drug-likeness (QED) is 0.880. The highest BCUT2D eigenvalue weighted by Gasteiger charge is 2.25. The van der Waals surface area contributed by atoms with Crippen LogP contribution in [0.3, 0.4) is 0 Å². The van der Waals surface area contributed by atoms with Crippen LogP contribution in [0, 0.1) is 11.3 Å². The summed E-state index contributed by atoms with van der Waals surface area (Å²) in [5.41, 5.74) is 1.56. The zero-order valence-electron chi connectivity index (χ0n) is 11.6. The van der Waals surface area contributed by atoms with E-state index in [1.54, 1.807) is 0 Å². The van der Waals surface area contributed by atoms with Gasteiger partial charge in [0.05, 0.1) is 0 Å². The summed E-state index contributed by atoms with van der Waals surface area (Å²) in [6, 6.07) is 9.95. The molecule has 0 spiro atoms. The molecule has 1 fully saturated rings. The Kier molecular flexibility index (Phi) is 4.81. The Morgan fingerprint density at radius 1 is 1.21 bits per heavy atom. The van der Waals surface area contributed by atoms with Crippen LogP contribution in [-0.2, 0) is 6.54 Å². The van der Waals surface area contributed by atoms with Gasteiger partial charge in [-0.25, -0.2) is 0 Å². The fourth-order valence-electron chi connectivity index (χ4n) is 2.64. The molecule has 0 heterocycles.